The molecule has 4 rings (SSSR count). The number of likely N-dealkylation sites (tertiary alicyclic amines) is 1. The van der Waals surface area contributed by atoms with E-state index >= 15 is 0 Å². The maximum absolute atomic E-state index is 12.9. The van der Waals surface area contributed by atoms with Crippen LogP contribution in [0.15, 0.2) is 36.4 Å². The number of carboxylic acid groups (broad SMARTS) is 1. The zero-order chi connectivity index (χ0) is 26.3. The summed E-state index contributed by atoms with van der Waals surface area (Å²) < 4.78 is 49.5. The Morgan fingerprint density at radius 1 is 1.14 bits per heavy atom. The Morgan fingerprint density at radius 3 is 2.47 bits per heavy atom. The van der Waals surface area contributed by atoms with Crippen LogP contribution >= 0.6 is 11.6 Å². The summed E-state index contributed by atoms with van der Waals surface area (Å²) in [4.78, 5) is 13.4. The molecule has 0 radical (unpaired) electrons. The van der Waals surface area contributed by atoms with Gasteiger partial charge in [-0.1, -0.05) is 23.7 Å². The van der Waals surface area contributed by atoms with Gasteiger partial charge in [0.05, 0.1) is 12.0 Å². The van der Waals surface area contributed by atoms with Gasteiger partial charge in [-0.3, -0.25) is 9.69 Å². The molecule has 2 heterocycles. The van der Waals surface area contributed by atoms with Crippen LogP contribution in [0.25, 0.3) is 0 Å². The highest BCUT2D eigenvalue weighted by Crippen LogP contribution is 2.43. The summed E-state index contributed by atoms with van der Waals surface area (Å²) in [5, 5.41) is 20.0. The molecule has 0 amide bonds. The molecule has 1 spiro atoms. The molecule has 2 aromatic rings. The first-order valence-corrected chi connectivity index (χ1v) is 12.3. The molecule has 36 heavy (non-hydrogen) atoms. The van der Waals surface area contributed by atoms with Crippen LogP contribution < -0.4 is 9.47 Å². The van der Waals surface area contributed by atoms with Crippen molar-refractivity contribution in [1.29, 1.82) is 0 Å². The monoisotopic (exact) mass is 527 g/mol. The number of benzene rings is 2. The van der Waals surface area contributed by atoms with Gasteiger partial charge in [-0.25, -0.2) is 0 Å². The van der Waals surface area contributed by atoms with Gasteiger partial charge in [0, 0.05) is 29.7 Å². The lowest BCUT2D eigenvalue weighted by Gasteiger charge is -2.46. The van der Waals surface area contributed by atoms with Crippen LogP contribution in [0.2, 0.25) is 5.02 Å². The number of nitrogens with zero attached hydrogens (tertiary/aromatic N) is 1. The quantitative estimate of drug-likeness (QED) is 0.486. The van der Waals surface area contributed by atoms with Gasteiger partial charge in [-0.2, -0.15) is 0 Å². The lowest BCUT2D eigenvalue weighted by atomic mass is 9.82. The van der Waals surface area contributed by atoms with Gasteiger partial charge in [0.1, 0.15) is 17.1 Å². The second kappa shape index (κ2) is 10.1. The van der Waals surface area contributed by atoms with Gasteiger partial charge in [0.25, 0.3) is 0 Å². The van der Waals surface area contributed by atoms with Gasteiger partial charge < -0.3 is 19.7 Å². The molecule has 0 saturated carbocycles. The first-order valence-electron chi connectivity index (χ1n) is 11.9. The zero-order valence-corrected chi connectivity index (χ0v) is 20.8. The van der Waals surface area contributed by atoms with E-state index in [2.05, 4.69) is 9.64 Å². The molecule has 2 aliphatic rings. The largest absolute Gasteiger partial charge is 0.573 e. The summed E-state index contributed by atoms with van der Waals surface area (Å²) in [6, 6.07) is 9.10. The number of piperidine rings is 1. The summed E-state index contributed by atoms with van der Waals surface area (Å²) in [6.45, 7) is 4.50. The molecule has 1 saturated heterocycles. The number of alkyl halides is 3. The average Bonchev–Trinajstić information content (AvgIpc) is 2.83. The van der Waals surface area contributed by atoms with Crippen LogP contribution in [-0.2, 0) is 11.2 Å². The summed E-state index contributed by atoms with van der Waals surface area (Å²) in [7, 11) is 0. The van der Waals surface area contributed by atoms with Crippen LogP contribution in [0.5, 0.6) is 11.5 Å². The summed E-state index contributed by atoms with van der Waals surface area (Å²) in [5.41, 5.74) is 1.44. The normalized spacial score (nSPS) is 20.2. The van der Waals surface area contributed by atoms with E-state index in [0.29, 0.717) is 47.8 Å². The third-order valence-corrected chi connectivity index (χ3v) is 7.61. The third-order valence-electron chi connectivity index (χ3n) is 7.38. The number of ether oxygens (including phenoxy) is 2. The van der Waals surface area contributed by atoms with Gasteiger partial charge >= 0.3 is 12.3 Å². The lowest BCUT2D eigenvalue weighted by molar-refractivity contribution is -0.275. The number of carbonyl (C=O) groups is 1. The lowest BCUT2D eigenvalue weighted by Crippen LogP contribution is -2.50. The third kappa shape index (κ3) is 5.74. The van der Waals surface area contributed by atoms with E-state index in [1.165, 1.54) is 25.1 Å². The van der Waals surface area contributed by atoms with Crippen molar-refractivity contribution in [2.75, 3.05) is 13.1 Å². The Labute approximate surface area is 212 Å². The number of halogens is 4. The number of carboxylic acids is 1. The van der Waals surface area contributed by atoms with Crippen molar-refractivity contribution in [3.63, 3.8) is 0 Å². The van der Waals surface area contributed by atoms with Crippen LogP contribution in [-0.4, -0.2) is 46.1 Å². The highest BCUT2D eigenvalue weighted by molar-refractivity contribution is 6.30. The second-order valence-corrected chi connectivity index (χ2v) is 10.1. The SMILES string of the molecule is CC(c1cc(Cl)ccc1OC(F)(F)F)N1CCC2(CCc3ccc([C@H](O)[C@H](C)C(=O)O)cc3O2)CC1. The fraction of sp³-hybridized carbons (Fsp3) is 0.500. The van der Waals surface area contributed by atoms with E-state index < -0.39 is 30.0 Å². The molecule has 10 heteroatoms. The van der Waals surface area contributed by atoms with Crippen molar-refractivity contribution in [2.24, 2.45) is 5.92 Å². The molecule has 3 atom stereocenters. The average molecular weight is 528 g/mol. The Kier molecular flexibility index (Phi) is 7.46. The van der Waals surface area contributed by atoms with E-state index in [-0.39, 0.29) is 11.8 Å². The maximum Gasteiger partial charge on any atom is 0.573 e. The topological polar surface area (TPSA) is 79.2 Å². The standard InChI is InChI=1S/C26H29ClF3NO5/c1-15(24(33)34)23(32)18-4-3-17-7-8-25(35-22(17)13-18)9-11-31(12-10-25)16(2)20-14-19(27)5-6-21(20)36-26(28,29)30/h3-6,13-16,23,32H,7-12H2,1-2H3,(H,33,34)/t15-,16?,23+/m0/s1. The van der Waals surface area contributed by atoms with Crippen molar-refractivity contribution in [2.45, 2.75) is 63.6 Å². The number of aliphatic carboxylic acids is 1. The Bertz CT molecular complexity index is 1120. The van der Waals surface area contributed by atoms with Crippen LogP contribution in [0.1, 0.15) is 61.9 Å². The maximum atomic E-state index is 12.9. The molecule has 1 unspecified atom stereocenters. The van der Waals surface area contributed by atoms with Crippen LogP contribution in [0.3, 0.4) is 0 Å². The minimum Gasteiger partial charge on any atom is -0.487 e. The van der Waals surface area contributed by atoms with Gasteiger partial charge in [0.2, 0.25) is 0 Å². The number of aliphatic hydroxyl groups is 1. The minimum atomic E-state index is -4.80. The molecule has 0 aromatic heterocycles. The van der Waals surface area contributed by atoms with Crippen molar-refractivity contribution in [1.82, 2.24) is 4.90 Å². The highest BCUT2D eigenvalue weighted by atomic mass is 35.5. The fourth-order valence-corrected chi connectivity index (χ4v) is 5.24. The van der Waals surface area contributed by atoms with Crippen molar-refractivity contribution < 1.29 is 37.7 Å². The summed E-state index contributed by atoms with van der Waals surface area (Å²) >= 11 is 6.08. The van der Waals surface area contributed by atoms with Crippen molar-refractivity contribution in [3.05, 3.63) is 58.1 Å². The molecule has 2 aromatic carbocycles. The molecule has 1 fully saturated rings. The smallest absolute Gasteiger partial charge is 0.487 e. The number of aryl methyl sites for hydroxylation is 1. The molecule has 0 aliphatic carbocycles. The van der Waals surface area contributed by atoms with E-state index in [0.717, 1.165) is 18.4 Å². The predicted octanol–water partition coefficient (Wildman–Crippen LogP) is 5.91. The summed E-state index contributed by atoms with van der Waals surface area (Å²) in [6.07, 6.45) is -3.02. The number of aliphatic hydroxyl groups excluding tert-OH is 1. The Hall–Kier alpha value is -2.49. The molecule has 196 valence electrons. The van der Waals surface area contributed by atoms with Gasteiger partial charge in [-0.15, -0.1) is 13.2 Å². The van der Waals surface area contributed by atoms with Crippen LogP contribution in [0.4, 0.5) is 13.2 Å². The second-order valence-electron chi connectivity index (χ2n) is 9.67. The number of rotatable bonds is 6. The number of hydrogen-bond acceptors (Lipinski definition) is 5. The zero-order valence-electron chi connectivity index (χ0n) is 20.0. The Morgan fingerprint density at radius 2 is 1.83 bits per heavy atom. The molecular formula is C26H29ClF3NO5. The number of fused-ring (bicyclic) bond motifs is 1. The fourth-order valence-electron chi connectivity index (χ4n) is 5.06. The molecule has 0 bridgehead atoms. The van der Waals surface area contributed by atoms with E-state index in [1.807, 2.05) is 13.0 Å². The highest BCUT2D eigenvalue weighted by Gasteiger charge is 2.41. The van der Waals surface area contributed by atoms with E-state index in [9.17, 15) is 28.2 Å². The summed E-state index contributed by atoms with van der Waals surface area (Å²) in [5.74, 6) is -1.65. The Balaban J connectivity index is 1.47. The predicted molar refractivity (Wildman–Crippen MR) is 127 cm³/mol. The van der Waals surface area contributed by atoms with E-state index in [1.54, 1.807) is 12.1 Å². The first-order chi connectivity index (χ1) is 16.9. The minimum absolute atomic E-state index is 0.260. The molecule has 2 N–H and O–H groups in total. The molecule has 2 aliphatic heterocycles. The molecule has 6 nitrogen and oxygen atoms in total. The van der Waals surface area contributed by atoms with Crippen molar-refractivity contribution in [3.8, 4) is 11.5 Å². The molecular weight excluding hydrogens is 499 g/mol. The van der Waals surface area contributed by atoms with E-state index in [4.69, 9.17) is 16.3 Å². The van der Waals surface area contributed by atoms with Gasteiger partial charge in [0.15, 0.2) is 0 Å². The van der Waals surface area contributed by atoms with Crippen LogP contribution in [0, 0.1) is 5.92 Å². The van der Waals surface area contributed by atoms with Crippen molar-refractivity contribution >= 4 is 17.6 Å². The first kappa shape index (κ1) is 26.6. The van der Waals surface area contributed by atoms with Gasteiger partial charge in [-0.05, 0) is 74.9 Å². The number of hydrogen-bond donors (Lipinski definition) is 2.